The lowest BCUT2D eigenvalue weighted by Gasteiger charge is -2.60. The van der Waals surface area contributed by atoms with Crippen LogP contribution >= 0.6 is 0 Å². The van der Waals surface area contributed by atoms with Gasteiger partial charge in [0.1, 0.15) is 0 Å². The summed E-state index contributed by atoms with van der Waals surface area (Å²) in [5.41, 5.74) is 9.36. The fraction of sp³-hybridized carbons (Fsp3) is 0.622. The van der Waals surface area contributed by atoms with Gasteiger partial charge in [0.25, 0.3) is 0 Å². The molecule has 0 saturated heterocycles. The van der Waals surface area contributed by atoms with Crippen molar-refractivity contribution in [1.82, 2.24) is 0 Å². The van der Waals surface area contributed by atoms with Gasteiger partial charge >= 0.3 is 5.97 Å². The van der Waals surface area contributed by atoms with E-state index in [9.17, 15) is 9.90 Å². The standard InChI is InChI=1S/C45H63NO2/c46-32-28-41-40(33-43(47)48)42-27-31-44(41,30-26-39-23-13-14-29-45(39,42)38-21-11-4-12-22-38)34-37(25-24-36-18-8-2-9-19-36)20-10-3-7-17-35-15-5-1-6-16-35/h2-4,8-12,18-19,21-22,27,31,35,37,39-42H,1,5-7,13-17,20,23-26,28-30,32-34,46H2,(H,47,48)/b10-3-/t37-,39+,40+,41+,42+,44-,45-/m0/s1. The molecular formula is C45H63NO2. The molecule has 3 nitrogen and oxygen atoms in total. The summed E-state index contributed by atoms with van der Waals surface area (Å²) in [7, 11) is 0. The second-order valence-electron chi connectivity index (χ2n) is 16.3. The van der Waals surface area contributed by atoms with E-state index in [1.165, 1.54) is 94.6 Å². The SMILES string of the molecule is NCC[C@@H]1[C@@H](CC(=O)O)[C@H]2C=C[C@]1(C[C@@H](C/C=C\CCC1CCCCC1)CCc1ccccc1)CC[C@H]1CCCC[C@]12c1ccccc1. The van der Waals surface area contributed by atoms with E-state index in [1.807, 2.05) is 0 Å². The molecule has 48 heavy (non-hydrogen) atoms. The monoisotopic (exact) mass is 649 g/mol. The lowest BCUT2D eigenvalue weighted by molar-refractivity contribution is -0.141. The number of allylic oxidation sites excluding steroid dienone is 4. The van der Waals surface area contributed by atoms with Crippen molar-refractivity contribution in [2.24, 2.45) is 46.7 Å². The molecule has 0 radical (unpaired) electrons. The van der Waals surface area contributed by atoms with Crippen LogP contribution in [-0.2, 0) is 16.6 Å². The number of rotatable bonds is 15. The molecule has 0 unspecified atom stereocenters. The Hall–Kier alpha value is -2.65. The van der Waals surface area contributed by atoms with E-state index in [-0.39, 0.29) is 29.1 Å². The maximum Gasteiger partial charge on any atom is 0.303 e. The lowest BCUT2D eigenvalue weighted by Crippen LogP contribution is -2.55. The number of carbonyl (C=O) groups is 1. The average molecular weight is 650 g/mol. The molecule has 0 amide bonds. The van der Waals surface area contributed by atoms with Crippen molar-refractivity contribution in [3.63, 3.8) is 0 Å². The second kappa shape index (κ2) is 16.8. The molecule has 2 aromatic rings. The Balaban J connectivity index is 1.31. The number of hydrogen-bond acceptors (Lipinski definition) is 2. The van der Waals surface area contributed by atoms with Crippen LogP contribution in [0.1, 0.15) is 127 Å². The van der Waals surface area contributed by atoms with Crippen LogP contribution in [0.25, 0.3) is 0 Å². The Labute approximate surface area is 291 Å². The van der Waals surface area contributed by atoms with Crippen LogP contribution in [0.4, 0.5) is 0 Å². The smallest absolute Gasteiger partial charge is 0.303 e. The van der Waals surface area contributed by atoms with Gasteiger partial charge < -0.3 is 10.8 Å². The van der Waals surface area contributed by atoms with Gasteiger partial charge in [-0.15, -0.1) is 0 Å². The number of aliphatic carboxylic acids is 1. The second-order valence-corrected chi connectivity index (χ2v) is 16.3. The quantitative estimate of drug-likeness (QED) is 0.189. The van der Waals surface area contributed by atoms with Crippen LogP contribution in [0, 0.1) is 40.9 Å². The fourth-order valence-corrected chi connectivity index (χ4v) is 11.5. The normalized spacial score (nSPS) is 31.3. The first-order valence-corrected chi connectivity index (χ1v) is 19.9. The third-order valence-corrected chi connectivity index (χ3v) is 13.7. The zero-order valence-corrected chi connectivity index (χ0v) is 29.6. The number of nitrogens with two attached hydrogens (primary N) is 1. The van der Waals surface area contributed by atoms with Gasteiger partial charge in [-0.05, 0) is 129 Å². The molecular weight excluding hydrogens is 587 g/mol. The molecule has 7 atom stereocenters. The van der Waals surface area contributed by atoms with Gasteiger partial charge in [0, 0.05) is 11.8 Å². The molecule has 0 aromatic heterocycles. The summed E-state index contributed by atoms with van der Waals surface area (Å²) in [6.45, 7) is 0.626. The molecule has 5 aliphatic carbocycles. The number of carboxylic acids is 1. The van der Waals surface area contributed by atoms with Crippen LogP contribution in [0.15, 0.2) is 85.0 Å². The van der Waals surface area contributed by atoms with Crippen molar-refractivity contribution in [3.05, 3.63) is 96.1 Å². The predicted octanol–water partition coefficient (Wildman–Crippen LogP) is 11.1. The van der Waals surface area contributed by atoms with E-state index in [0.717, 1.165) is 38.0 Å². The van der Waals surface area contributed by atoms with Gasteiger partial charge in [0.05, 0.1) is 0 Å². The van der Waals surface area contributed by atoms with Crippen LogP contribution < -0.4 is 5.73 Å². The lowest BCUT2D eigenvalue weighted by atomic mass is 9.43. The summed E-state index contributed by atoms with van der Waals surface area (Å²) in [6, 6.07) is 22.3. The highest BCUT2D eigenvalue weighted by Crippen LogP contribution is 2.64. The predicted molar refractivity (Wildman–Crippen MR) is 200 cm³/mol. The Morgan fingerprint density at radius 2 is 1.62 bits per heavy atom. The zero-order chi connectivity index (χ0) is 33.2. The first kappa shape index (κ1) is 35.2. The third-order valence-electron chi connectivity index (χ3n) is 13.7. The van der Waals surface area contributed by atoms with E-state index in [0.29, 0.717) is 24.3 Å². The molecule has 0 aliphatic heterocycles. The molecule has 7 rings (SSSR count). The molecule has 5 aliphatic rings. The largest absolute Gasteiger partial charge is 0.481 e. The van der Waals surface area contributed by atoms with Gasteiger partial charge in [0.15, 0.2) is 0 Å². The topological polar surface area (TPSA) is 63.3 Å². The highest BCUT2D eigenvalue weighted by molar-refractivity contribution is 5.67. The van der Waals surface area contributed by atoms with E-state index >= 15 is 0 Å². The van der Waals surface area contributed by atoms with Gasteiger partial charge in [-0.1, -0.05) is 130 Å². The summed E-state index contributed by atoms with van der Waals surface area (Å²) in [5, 5.41) is 10.5. The Morgan fingerprint density at radius 1 is 0.875 bits per heavy atom. The molecule has 0 spiro atoms. The molecule has 0 heterocycles. The van der Waals surface area contributed by atoms with E-state index in [2.05, 4.69) is 85.0 Å². The minimum absolute atomic E-state index is 0.00751. The summed E-state index contributed by atoms with van der Waals surface area (Å²) in [5.74, 6) is 2.10. The molecule has 2 aromatic carbocycles. The first-order chi connectivity index (χ1) is 23.5. The minimum atomic E-state index is -0.645. The molecule has 2 bridgehead atoms. The number of hydrogen-bond donors (Lipinski definition) is 2. The Kier molecular flexibility index (Phi) is 12.3. The van der Waals surface area contributed by atoms with Crippen LogP contribution in [0.5, 0.6) is 0 Å². The number of benzene rings is 2. The van der Waals surface area contributed by atoms with Crippen molar-refractivity contribution in [3.8, 4) is 0 Å². The van der Waals surface area contributed by atoms with Crippen LogP contribution in [0.3, 0.4) is 0 Å². The summed E-state index contributed by atoms with van der Waals surface area (Å²) >= 11 is 0. The van der Waals surface area contributed by atoms with Crippen molar-refractivity contribution >= 4 is 5.97 Å². The number of aryl methyl sites for hydroxylation is 1. The van der Waals surface area contributed by atoms with E-state index in [1.54, 1.807) is 0 Å². The molecule has 3 fully saturated rings. The van der Waals surface area contributed by atoms with Crippen molar-refractivity contribution in [1.29, 1.82) is 0 Å². The van der Waals surface area contributed by atoms with Crippen molar-refractivity contribution < 1.29 is 9.90 Å². The number of carboxylic acid groups (broad SMARTS) is 1. The Morgan fingerprint density at radius 3 is 2.38 bits per heavy atom. The zero-order valence-electron chi connectivity index (χ0n) is 29.6. The third kappa shape index (κ3) is 8.04. The maximum absolute atomic E-state index is 12.7. The van der Waals surface area contributed by atoms with Gasteiger partial charge in [-0.2, -0.15) is 0 Å². The summed E-state index contributed by atoms with van der Waals surface area (Å²) in [4.78, 5) is 12.7. The average Bonchev–Trinajstić information content (AvgIpc) is 3.11. The van der Waals surface area contributed by atoms with Gasteiger partial charge in [-0.3, -0.25) is 4.79 Å². The van der Waals surface area contributed by atoms with Crippen LogP contribution in [-0.4, -0.2) is 17.6 Å². The van der Waals surface area contributed by atoms with Crippen molar-refractivity contribution in [2.75, 3.05) is 6.54 Å². The summed E-state index contributed by atoms with van der Waals surface area (Å²) in [6.07, 6.45) is 33.0. The van der Waals surface area contributed by atoms with Crippen molar-refractivity contribution in [2.45, 2.75) is 127 Å². The summed E-state index contributed by atoms with van der Waals surface area (Å²) < 4.78 is 0. The molecule has 3 heteroatoms. The highest BCUT2D eigenvalue weighted by Gasteiger charge is 2.58. The minimum Gasteiger partial charge on any atom is -0.481 e. The molecule has 260 valence electrons. The van der Waals surface area contributed by atoms with E-state index in [4.69, 9.17) is 5.73 Å². The van der Waals surface area contributed by atoms with Crippen LogP contribution in [0.2, 0.25) is 0 Å². The van der Waals surface area contributed by atoms with Gasteiger partial charge in [-0.25, -0.2) is 0 Å². The Bertz CT molecular complexity index is 1330. The molecule has 3 N–H and O–H groups in total. The maximum atomic E-state index is 12.7. The first-order valence-electron chi connectivity index (χ1n) is 19.9. The highest BCUT2D eigenvalue weighted by atomic mass is 16.4. The van der Waals surface area contributed by atoms with E-state index < -0.39 is 5.97 Å². The van der Waals surface area contributed by atoms with Gasteiger partial charge in [0.2, 0.25) is 0 Å². The number of fused-ring (bicyclic) bond motifs is 2. The molecule has 3 saturated carbocycles. The fourth-order valence-electron chi connectivity index (χ4n) is 11.5.